The molecule has 1 spiro atoms. The Morgan fingerprint density at radius 3 is 2.26 bits per heavy atom. The largest absolute Gasteiger partial charge is 0.494 e. The van der Waals surface area contributed by atoms with Crippen molar-refractivity contribution < 1.29 is 19.0 Å². The Hall–Kier alpha value is -5.23. The third-order valence-electron chi connectivity index (χ3n) is 8.04. The molecule has 1 N–H and O–H groups in total. The fourth-order valence-corrected chi connectivity index (χ4v) is 6.04. The summed E-state index contributed by atoms with van der Waals surface area (Å²) in [6.07, 6.45) is 0. The molecule has 6 heteroatoms. The number of carbonyl (C=O) groups is 1. The summed E-state index contributed by atoms with van der Waals surface area (Å²) in [4.78, 5) is 15.6. The van der Waals surface area contributed by atoms with Crippen molar-refractivity contribution in [2.24, 2.45) is 0 Å². The van der Waals surface area contributed by atoms with Gasteiger partial charge in [0.1, 0.15) is 17.2 Å². The van der Waals surface area contributed by atoms with Crippen molar-refractivity contribution in [3.63, 3.8) is 0 Å². The average Bonchev–Trinajstić information content (AvgIpc) is 3.31. The van der Waals surface area contributed by atoms with Gasteiger partial charge in [-0.3, -0.25) is 0 Å². The van der Waals surface area contributed by atoms with Gasteiger partial charge in [-0.05, 0) is 62.4 Å². The van der Waals surface area contributed by atoms with Crippen molar-refractivity contribution in [2.75, 3.05) is 23.9 Å². The lowest BCUT2D eigenvalue weighted by Crippen LogP contribution is -2.33. The number of benzene rings is 5. The number of methoxy groups -OCH3 is 1. The molecule has 7 rings (SSSR count). The van der Waals surface area contributed by atoms with Crippen LogP contribution in [-0.4, -0.2) is 19.6 Å². The Morgan fingerprint density at radius 1 is 0.786 bits per heavy atom. The van der Waals surface area contributed by atoms with Crippen molar-refractivity contribution in [3.8, 4) is 17.2 Å². The van der Waals surface area contributed by atoms with Gasteiger partial charge in [0, 0.05) is 52.4 Å². The quantitative estimate of drug-likeness (QED) is 0.213. The van der Waals surface area contributed by atoms with Crippen LogP contribution >= 0.6 is 0 Å². The van der Waals surface area contributed by atoms with Crippen LogP contribution in [0.5, 0.6) is 17.2 Å². The SMILES string of the molecule is CCN(c1ccc(C)cc1)c1ccc2c(c1)Oc1cc(OC)c(Nc3ccccc3)cc1C21OC(=O)c2ccccc21. The van der Waals surface area contributed by atoms with Crippen LogP contribution < -0.4 is 19.7 Å². The predicted octanol–water partition coefficient (Wildman–Crippen LogP) is 8.47. The number of aryl methyl sites for hydroxylation is 1. The summed E-state index contributed by atoms with van der Waals surface area (Å²) in [5.41, 5.74) is 6.57. The maximum absolute atomic E-state index is 13.4. The van der Waals surface area contributed by atoms with Crippen molar-refractivity contribution in [2.45, 2.75) is 19.4 Å². The zero-order valence-corrected chi connectivity index (χ0v) is 23.7. The van der Waals surface area contributed by atoms with E-state index in [1.165, 1.54) is 5.56 Å². The van der Waals surface area contributed by atoms with E-state index in [0.717, 1.165) is 46.0 Å². The number of hydrogen-bond donors (Lipinski definition) is 1. The highest BCUT2D eigenvalue weighted by Crippen LogP contribution is 2.58. The second-order valence-corrected chi connectivity index (χ2v) is 10.5. The Kier molecular flexibility index (Phi) is 6.12. The molecule has 2 heterocycles. The Morgan fingerprint density at radius 2 is 1.50 bits per heavy atom. The monoisotopic (exact) mass is 554 g/mol. The van der Waals surface area contributed by atoms with E-state index >= 15 is 0 Å². The van der Waals surface area contributed by atoms with E-state index in [1.807, 2.05) is 78.9 Å². The zero-order chi connectivity index (χ0) is 28.8. The van der Waals surface area contributed by atoms with E-state index in [9.17, 15) is 4.79 Å². The van der Waals surface area contributed by atoms with E-state index in [4.69, 9.17) is 14.2 Å². The van der Waals surface area contributed by atoms with Crippen LogP contribution in [0.15, 0.2) is 109 Å². The van der Waals surface area contributed by atoms with Crippen LogP contribution in [0.3, 0.4) is 0 Å². The fourth-order valence-electron chi connectivity index (χ4n) is 6.04. The molecular weight excluding hydrogens is 524 g/mol. The minimum Gasteiger partial charge on any atom is -0.494 e. The molecule has 0 saturated heterocycles. The van der Waals surface area contributed by atoms with Crippen molar-refractivity contribution in [1.29, 1.82) is 0 Å². The first-order valence-corrected chi connectivity index (χ1v) is 14.1. The Labute approximate surface area is 245 Å². The summed E-state index contributed by atoms with van der Waals surface area (Å²) in [6, 6.07) is 35.9. The Bertz CT molecular complexity index is 1820. The molecule has 5 aromatic carbocycles. The van der Waals surface area contributed by atoms with Crippen molar-refractivity contribution in [3.05, 3.63) is 137 Å². The van der Waals surface area contributed by atoms with Crippen molar-refractivity contribution in [1.82, 2.24) is 0 Å². The molecule has 1 unspecified atom stereocenters. The highest BCUT2D eigenvalue weighted by atomic mass is 16.6. The van der Waals surface area contributed by atoms with Crippen LogP contribution in [-0.2, 0) is 10.3 Å². The molecule has 0 fully saturated rings. The molecule has 0 aliphatic carbocycles. The molecular formula is C36H30N2O4. The molecule has 5 aromatic rings. The summed E-state index contributed by atoms with van der Waals surface area (Å²) < 4.78 is 18.8. The normalized spacial score (nSPS) is 16.1. The maximum Gasteiger partial charge on any atom is 0.340 e. The van der Waals surface area contributed by atoms with Gasteiger partial charge in [-0.1, -0.05) is 54.1 Å². The molecule has 6 nitrogen and oxygen atoms in total. The van der Waals surface area contributed by atoms with Crippen LogP contribution in [0.2, 0.25) is 0 Å². The third kappa shape index (κ3) is 3.98. The number of nitrogens with zero attached hydrogens (tertiary/aromatic N) is 1. The lowest BCUT2D eigenvalue weighted by molar-refractivity contribution is 0.0224. The Balaban J connectivity index is 1.42. The van der Waals surface area contributed by atoms with Gasteiger partial charge in [0.25, 0.3) is 0 Å². The second kappa shape index (κ2) is 10.00. The standard InChI is InChI=1S/C36H30N2O4/c1-4-38(25-16-14-23(2)15-17-25)26-18-19-29-32(20-26)41-33-22-34(40-3)31(37-24-10-6-5-7-11-24)21-30(33)36(29)28-13-9-8-12-27(28)35(39)42-36/h5-22,37H,4H2,1-3H3. The summed E-state index contributed by atoms with van der Waals surface area (Å²) in [6.45, 7) is 4.97. The number of hydrogen-bond acceptors (Lipinski definition) is 6. The predicted molar refractivity (Wildman–Crippen MR) is 165 cm³/mol. The highest BCUT2D eigenvalue weighted by molar-refractivity contribution is 5.97. The van der Waals surface area contributed by atoms with E-state index < -0.39 is 5.60 Å². The number of ether oxygens (including phenoxy) is 3. The average molecular weight is 555 g/mol. The maximum atomic E-state index is 13.4. The summed E-state index contributed by atoms with van der Waals surface area (Å²) in [5.74, 6) is 1.44. The molecule has 2 aliphatic heterocycles. The van der Waals surface area contributed by atoms with E-state index in [-0.39, 0.29) is 5.97 Å². The number of para-hydroxylation sites is 1. The minimum atomic E-state index is -1.19. The molecule has 0 radical (unpaired) electrons. The number of fused-ring (bicyclic) bond motifs is 6. The highest BCUT2D eigenvalue weighted by Gasteiger charge is 2.54. The van der Waals surface area contributed by atoms with Gasteiger partial charge in [0.2, 0.25) is 0 Å². The van der Waals surface area contributed by atoms with Crippen LogP contribution in [0, 0.1) is 6.92 Å². The van der Waals surface area contributed by atoms with Crippen molar-refractivity contribution >= 4 is 28.7 Å². The summed E-state index contributed by atoms with van der Waals surface area (Å²) in [5, 5.41) is 3.47. The molecule has 208 valence electrons. The first-order valence-electron chi connectivity index (χ1n) is 14.1. The molecule has 2 aliphatic rings. The number of esters is 1. The fraction of sp³-hybridized carbons (Fsp3) is 0.139. The first-order chi connectivity index (χ1) is 20.5. The van der Waals surface area contributed by atoms with Gasteiger partial charge in [0.15, 0.2) is 5.60 Å². The molecule has 0 aromatic heterocycles. The second-order valence-electron chi connectivity index (χ2n) is 10.5. The summed E-state index contributed by atoms with van der Waals surface area (Å²) >= 11 is 0. The van der Waals surface area contributed by atoms with Crippen LogP contribution in [0.25, 0.3) is 0 Å². The van der Waals surface area contributed by atoms with Gasteiger partial charge < -0.3 is 24.4 Å². The number of nitrogens with one attached hydrogen (secondary N) is 1. The summed E-state index contributed by atoms with van der Waals surface area (Å²) in [7, 11) is 1.63. The van der Waals surface area contributed by atoms with Gasteiger partial charge in [0.05, 0.1) is 18.4 Å². The van der Waals surface area contributed by atoms with Gasteiger partial charge >= 0.3 is 5.97 Å². The van der Waals surface area contributed by atoms with E-state index in [2.05, 4.69) is 54.4 Å². The number of rotatable bonds is 6. The topological polar surface area (TPSA) is 60.0 Å². The smallest absolute Gasteiger partial charge is 0.340 e. The minimum absolute atomic E-state index is 0.364. The van der Waals surface area contributed by atoms with E-state index in [0.29, 0.717) is 22.8 Å². The third-order valence-corrected chi connectivity index (χ3v) is 8.04. The van der Waals surface area contributed by atoms with Gasteiger partial charge in [-0.15, -0.1) is 0 Å². The van der Waals surface area contributed by atoms with Crippen LogP contribution in [0.4, 0.5) is 22.7 Å². The zero-order valence-electron chi connectivity index (χ0n) is 23.7. The van der Waals surface area contributed by atoms with Crippen LogP contribution in [0.1, 0.15) is 39.5 Å². The molecule has 1 atom stereocenters. The molecule has 0 saturated carbocycles. The number of anilines is 4. The van der Waals surface area contributed by atoms with E-state index in [1.54, 1.807) is 7.11 Å². The lowest BCUT2D eigenvalue weighted by atomic mass is 9.77. The molecule has 0 amide bonds. The lowest BCUT2D eigenvalue weighted by Gasteiger charge is -2.37. The molecule has 42 heavy (non-hydrogen) atoms. The molecule has 0 bridgehead atoms. The van der Waals surface area contributed by atoms with Gasteiger partial charge in [-0.2, -0.15) is 0 Å². The van der Waals surface area contributed by atoms with Gasteiger partial charge in [-0.25, -0.2) is 4.79 Å². The first kappa shape index (κ1) is 25.7. The number of carbonyl (C=O) groups excluding carboxylic acids is 1.